The minimum absolute atomic E-state index is 0.329. The first kappa shape index (κ1) is 13.0. The van der Waals surface area contributed by atoms with Gasteiger partial charge in [-0.2, -0.15) is 25.3 Å². The third-order valence-electron chi connectivity index (χ3n) is 0.915. The van der Waals surface area contributed by atoms with Crippen molar-refractivity contribution in [2.45, 2.75) is 24.3 Å². The van der Waals surface area contributed by atoms with Gasteiger partial charge in [0.2, 0.25) is 0 Å². The maximum atomic E-state index is 10.8. The van der Waals surface area contributed by atoms with E-state index in [0.717, 1.165) is 0 Å². The Hall–Kier alpha value is -0.0100. The Morgan fingerprint density at radius 1 is 1.08 bits per heavy atom. The Morgan fingerprint density at radius 2 is 1.38 bits per heavy atom. The van der Waals surface area contributed by atoms with Crippen LogP contribution in [-0.4, -0.2) is 22.4 Å². The molecule has 0 fully saturated rings. The minimum atomic E-state index is -0.562. The molecule has 4 nitrogen and oxygen atoms in total. The zero-order valence-corrected chi connectivity index (χ0v) is 9.70. The van der Waals surface area contributed by atoms with Crippen LogP contribution in [0.1, 0.15) is 13.8 Å². The fourth-order valence-electron chi connectivity index (χ4n) is 0.223. The average molecular weight is 242 g/mol. The molecule has 2 unspecified atom stereocenters. The number of hydrogen-bond acceptors (Lipinski definition) is 7. The molecule has 0 aromatic carbocycles. The van der Waals surface area contributed by atoms with Crippen LogP contribution in [0.4, 0.5) is 0 Å². The van der Waals surface area contributed by atoms with Crippen LogP contribution < -0.4 is 0 Å². The zero-order valence-electron chi connectivity index (χ0n) is 7.09. The maximum absolute atomic E-state index is 10.8. The van der Waals surface area contributed by atoms with Crippen LogP contribution in [0, 0.1) is 0 Å². The normalized spacial score (nSPS) is 14.5. The monoisotopic (exact) mass is 242 g/mol. The van der Waals surface area contributed by atoms with Gasteiger partial charge >= 0.3 is 11.9 Å². The second-order valence-corrected chi connectivity index (χ2v) is 4.24. The molecule has 13 heavy (non-hydrogen) atoms. The average Bonchev–Trinajstić information content (AvgIpc) is 2.03. The van der Waals surface area contributed by atoms with Crippen molar-refractivity contribution in [2.24, 2.45) is 0 Å². The highest BCUT2D eigenvalue weighted by Crippen LogP contribution is 2.11. The van der Waals surface area contributed by atoms with Gasteiger partial charge in [-0.3, -0.25) is 0 Å². The van der Waals surface area contributed by atoms with E-state index in [-0.39, 0.29) is 0 Å². The predicted molar refractivity (Wildman–Crippen MR) is 56.7 cm³/mol. The van der Waals surface area contributed by atoms with Crippen LogP contribution in [0.5, 0.6) is 0 Å². The molecule has 0 radical (unpaired) electrons. The fourth-order valence-corrected chi connectivity index (χ4v) is 0.928. The standard InChI is InChI=1S/C6H10O4S3/c1-3(11)5(7)9-13-10-6(8)4(2)12/h3-4,11-12H,1-2H3. The summed E-state index contributed by atoms with van der Waals surface area (Å²) >= 11 is 7.96. The maximum Gasteiger partial charge on any atom is 0.333 e. The van der Waals surface area contributed by atoms with E-state index in [1.54, 1.807) is 13.8 Å². The smallest absolute Gasteiger partial charge is 0.333 e. The molecule has 0 aromatic rings. The molecule has 0 saturated heterocycles. The first-order valence-corrected chi connectivity index (χ1v) is 5.10. The molecule has 7 heteroatoms. The van der Waals surface area contributed by atoms with Crippen molar-refractivity contribution >= 4 is 49.5 Å². The summed E-state index contributed by atoms with van der Waals surface area (Å²) in [6.07, 6.45) is 0. The summed E-state index contributed by atoms with van der Waals surface area (Å²) in [6.45, 7) is 3.10. The van der Waals surface area contributed by atoms with Crippen molar-refractivity contribution in [3.05, 3.63) is 0 Å². The van der Waals surface area contributed by atoms with E-state index in [0.29, 0.717) is 12.3 Å². The molecule has 0 bridgehead atoms. The van der Waals surface area contributed by atoms with Gasteiger partial charge in [-0.25, -0.2) is 9.59 Å². The molecular formula is C6H10O4S3. The zero-order chi connectivity index (χ0) is 10.4. The molecule has 0 heterocycles. The van der Waals surface area contributed by atoms with Crippen molar-refractivity contribution in [3.8, 4) is 0 Å². The molecule has 0 spiro atoms. The number of carbonyl (C=O) groups excluding carboxylic acids is 2. The largest absolute Gasteiger partial charge is 0.354 e. The molecule has 76 valence electrons. The molecule has 2 atom stereocenters. The summed E-state index contributed by atoms with van der Waals surface area (Å²) in [6, 6.07) is 0. The van der Waals surface area contributed by atoms with Crippen LogP contribution in [0.25, 0.3) is 0 Å². The fraction of sp³-hybridized carbons (Fsp3) is 0.667. The van der Waals surface area contributed by atoms with E-state index in [9.17, 15) is 9.59 Å². The van der Waals surface area contributed by atoms with Gasteiger partial charge in [-0.15, -0.1) is 0 Å². The van der Waals surface area contributed by atoms with Gasteiger partial charge in [0.15, 0.2) is 0 Å². The molecular weight excluding hydrogens is 232 g/mol. The van der Waals surface area contributed by atoms with Gasteiger partial charge < -0.3 is 8.37 Å². The Morgan fingerprint density at radius 3 is 1.62 bits per heavy atom. The molecule has 0 rings (SSSR count). The van der Waals surface area contributed by atoms with E-state index in [2.05, 4.69) is 33.6 Å². The van der Waals surface area contributed by atoms with Gasteiger partial charge in [0.05, 0.1) is 10.5 Å². The molecule has 0 aliphatic carbocycles. The van der Waals surface area contributed by atoms with E-state index >= 15 is 0 Å². The van der Waals surface area contributed by atoms with Crippen LogP contribution in [-0.2, 0) is 18.0 Å². The van der Waals surface area contributed by atoms with Crippen LogP contribution in [0.15, 0.2) is 0 Å². The van der Waals surface area contributed by atoms with Crippen molar-refractivity contribution in [1.82, 2.24) is 0 Å². The van der Waals surface area contributed by atoms with Gasteiger partial charge in [-0.05, 0) is 13.8 Å². The van der Waals surface area contributed by atoms with Crippen molar-refractivity contribution in [3.63, 3.8) is 0 Å². The number of rotatable bonds is 4. The predicted octanol–water partition coefficient (Wildman–Crippen LogP) is 1.27. The van der Waals surface area contributed by atoms with Gasteiger partial charge in [-0.1, -0.05) is 0 Å². The Balaban J connectivity index is 3.57. The SMILES string of the molecule is CC(S)C(=O)OSOC(=O)C(C)S. The van der Waals surface area contributed by atoms with E-state index in [4.69, 9.17) is 0 Å². The highest BCUT2D eigenvalue weighted by atomic mass is 32.2. The lowest BCUT2D eigenvalue weighted by Gasteiger charge is -2.04. The summed E-state index contributed by atoms with van der Waals surface area (Å²) < 4.78 is 8.90. The van der Waals surface area contributed by atoms with E-state index in [1.807, 2.05) is 0 Å². The second-order valence-electron chi connectivity index (χ2n) is 2.22. The van der Waals surface area contributed by atoms with Crippen LogP contribution >= 0.6 is 37.6 Å². The molecule has 0 aliphatic heterocycles. The van der Waals surface area contributed by atoms with Gasteiger partial charge in [0.25, 0.3) is 12.3 Å². The Bertz CT molecular complexity index is 172. The quantitative estimate of drug-likeness (QED) is 0.574. The first-order valence-electron chi connectivity index (χ1n) is 3.40. The van der Waals surface area contributed by atoms with Crippen LogP contribution in [0.3, 0.4) is 0 Å². The number of thiol groups is 2. The summed E-state index contributed by atoms with van der Waals surface area (Å²) in [5.74, 6) is -1.12. The van der Waals surface area contributed by atoms with Gasteiger partial charge in [0, 0.05) is 0 Å². The highest BCUT2D eigenvalue weighted by Gasteiger charge is 2.14. The Kier molecular flexibility index (Phi) is 6.44. The third kappa shape index (κ3) is 6.11. The van der Waals surface area contributed by atoms with Crippen molar-refractivity contribution in [2.75, 3.05) is 0 Å². The summed E-state index contributed by atoms with van der Waals surface area (Å²) in [4.78, 5) is 21.5. The lowest BCUT2D eigenvalue weighted by molar-refractivity contribution is -0.134. The van der Waals surface area contributed by atoms with E-state index < -0.39 is 22.4 Å². The molecule has 0 amide bonds. The molecule has 0 saturated carbocycles. The summed E-state index contributed by atoms with van der Waals surface area (Å²) in [5.41, 5.74) is 0. The summed E-state index contributed by atoms with van der Waals surface area (Å²) in [5, 5.41) is -1.08. The summed E-state index contributed by atoms with van der Waals surface area (Å²) in [7, 11) is 0. The Labute approximate surface area is 92.0 Å². The third-order valence-corrected chi connectivity index (χ3v) is 1.80. The minimum Gasteiger partial charge on any atom is -0.354 e. The lowest BCUT2D eigenvalue weighted by Crippen LogP contribution is -2.14. The van der Waals surface area contributed by atoms with Crippen LogP contribution in [0.2, 0.25) is 0 Å². The van der Waals surface area contributed by atoms with Crippen molar-refractivity contribution in [1.29, 1.82) is 0 Å². The highest BCUT2D eigenvalue weighted by molar-refractivity contribution is 7.91. The first-order chi connectivity index (χ1) is 5.95. The lowest BCUT2D eigenvalue weighted by atomic mass is 10.5. The number of carbonyl (C=O) groups is 2. The second kappa shape index (κ2) is 6.44. The molecule has 0 N–H and O–H groups in total. The van der Waals surface area contributed by atoms with Crippen molar-refractivity contribution < 1.29 is 18.0 Å². The van der Waals surface area contributed by atoms with Gasteiger partial charge in [0.1, 0.15) is 0 Å². The molecule has 0 aromatic heterocycles. The topological polar surface area (TPSA) is 52.6 Å². The molecule has 0 aliphatic rings. The van der Waals surface area contributed by atoms with E-state index in [1.165, 1.54) is 0 Å². The number of hydrogen-bond donors (Lipinski definition) is 2.